The molecule has 1 N–H and O–H groups in total. The van der Waals surface area contributed by atoms with Crippen LogP contribution in [0.15, 0.2) is 0 Å². The number of aliphatic hydroxyl groups is 1. The molecule has 0 aromatic heterocycles. The third-order valence-corrected chi connectivity index (χ3v) is 22.4. The summed E-state index contributed by atoms with van der Waals surface area (Å²) in [6, 6.07) is 0. The molecule has 528 valence electrons. The Morgan fingerprint density at radius 3 is 0.727 bits per heavy atom. The highest BCUT2D eigenvalue weighted by Crippen LogP contribution is 2.46. The van der Waals surface area contributed by atoms with Gasteiger partial charge in [0.25, 0.3) is 0 Å². The Balaban J connectivity index is 1.79. The van der Waals surface area contributed by atoms with Crippen molar-refractivity contribution in [3.05, 3.63) is 0 Å². The summed E-state index contributed by atoms with van der Waals surface area (Å²) in [5.74, 6) is 3.37. The smallest absolute Gasteiger partial charge is 0.0596 e. The minimum atomic E-state index is -0.115. The molecule has 2 nitrogen and oxygen atoms in total. The van der Waals surface area contributed by atoms with Crippen LogP contribution in [-0.2, 0) is 4.74 Å². The molecular formula is C86H172O2. The molecule has 2 heteroatoms. The van der Waals surface area contributed by atoms with Crippen molar-refractivity contribution in [2.45, 2.75) is 516 Å². The first-order valence-corrected chi connectivity index (χ1v) is 42.4. The zero-order valence-corrected chi connectivity index (χ0v) is 62.7. The number of hydrogen-bond acceptors (Lipinski definition) is 2. The van der Waals surface area contributed by atoms with E-state index >= 15 is 0 Å². The maximum atomic E-state index is 11.3. The van der Waals surface area contributed by atoms with Crippen molar-refractivity contribution in [3.8, 4) is 0 Å². The van der Waals surface area contributed by atoms with Gasteiger partial charge in [-0.1, -0.05) is 472 Å². The van der Waals surface area contributed by atoms with Gasteiger partial charge in [-0.15, -0.1) is 0 Å². The lowest BCUT2D eigenvalue weighted by Crippen LogP contribution is -2.32. The first-order valence-electron chi connectivity index (χ1n) is 42.4. The van der Waals surface area contributed by atoms with E-state index in [0.717, 1.165) is 24.2 Å². The van der Waals surface area contributed by atoms with Crippen LogP contribution in [0.1, 0.15) is 504 Å². The number of aliphatic hydroxyl groups excluding tert-OH is 1. The standard InChI is InChI=1S/C86H172O2/c1-8-10-12-14-16-18-20-22-24-26-27-28-29-33-40-46-52-58-64-70-76-83(86(4,5)6)84(87)77-71-65-59-53-47-41-34-30-32-38-44-50-56-62-68-74-81-79-82(81)75-69-63-57-51-45-39-35-36-42-48-54-60-66-72-78-85(88-7)80(3)73-67-61-55-49-43-37-31-25-23-21-19-17-15-13-11-9-2/h80-85,87H,8-79H2,1-7H3/t80-,81-,82?,83+,84+,85+/m0/s1. The van der Waals surface area contributed by atoms with Crippen LogP contribution >= 0.6 is 0 Å². The predicted octanol–water partition coefficient (Wildman–Crippen LogP) is 31.0. The van der Waals surface area contributed by atoms with E-state index in [-0.39, 0.29) is 11.5 Å². The summed E-state index contributed by atoms with van der Waals surface area (Å²) in [4.78, 5) is 0. The van der Waals surface area contributed by atoms with E-state index in [2.05, 4.69) is 41.5 Å². The third-order valence-electron chi connectivity index (χ3n) is 22.4. The molecule has 0 aromatic carbocycles. The van der Waals surface area contributed by atoms with Gasteiger partial charge in [0.1, 0.15) is 0 Å². The molecular weight excluding hydrogens is 1060 g/mol. The van der Waals surface area contributed by atoms with Crippen molar-refractivity contribution in [3.63, 3.8) is 0 Å². The van der Waals surface area contributed by atoms with E-state index in [9.17, 15) is 5.11 Å². The van der Waals surface area contributed by atoms with Crippen molar-refractivity contribution in [2.75, 3.05) is 7.11 Å². The lowest BCUT2D eigenvalue weighted by Gasteiger charge is -2.35. The van der Waals surface area contributed by atoms with Gasteiger partial charge in [-0.2, -0.15) is 0 Å². The molecule has 1 rings (SSSR count). The highest BCUT2D eigenvalue weighted by Gasteiger charge is 2.35. The molecule has 0 aromatic rings. The Bertz CT molecular complexity index is 1280. The molecule has 1 unspecified atom stereocenters. The molecule has 0 aliphatic heterocycles. The van der Waals surface area contributed by atoms with Crippen LogP contribution in [0, 0.1) is 29.1 Å². The highest BCUT2D eigenvalue weighted by atomic mass is 16.5. The van der Waals surface area contributed by atoms with Crippen molar-refractivity contribution in [1.82, 2.24) is 0 Å². The third kappa shape index (κ3) is 60.8. The first kappa shape index (κ1) is 85.9. The van der Waals surface area contributed by atoms with E-state index in [0.29, 0.717) is 12.0 Å². The van der Waals surface area contributed by atoms with E-state index < -0.39 is 0 Å². The molecule has 0 heterocycles. The van der Waals surface area contributed by atoms with Crippen molar-refractivity contribution in [2.24, 2.45) is 29.1 Å². The van der Waals surface area contributed by atoms with E-state index in [1.54, 1.807) is 12.8 Å². The van der Waals surface area contributed by atoms with Crippen LogP contribution in [0.3, 0.4) is 0 Å². The minimum absolute atomic E-state index is 0.115. The fraction of sp³-hybridized carbons (Fsp3) is 1.00. The average Bonchev–Trinajstić information content (AvgIpc) is 4.37. The SMILES string of the molecule is CCCCCCCCCCCCCCCCCCCCCC[C@H]([C@H](O)CCCCCCCCCCCCCCCCC[C@H]1CC1CCCCCCCCCCCCCCCC[C@@H](OC)[C@@H](C)CCCCCCCCCCCCCCCCCC)C(C)(C)C. The second-order valence-corrected chi connectivity index (χ2v) is 32.1. The van der Waals surface area contributed by atoms with Crippen LogP contribution < -0.4 is 0 Å². The second-order valence-electron chi connectivity index (χ2n) is 32.1. The predicted molar refractivity (Wildman–Crippen MR) is 400 cm³/mol. The summed E-state index contributed by atoms with van der Waals surface area (Å²) in [7, 11) is 1.96. The van der Waals surface area contributed by atoms with Crippen LogP contribution in [0.25, 0.3) is 0 Å². The Labute approximate surface area is 559 Å². The van der Waals surface area contributed by atoms with Gasteiger partial charge in [0.05, 0.1) is 12.2 Å². The molecule has 1 aliphatic rings. The molecule has 0 saturated heterocycles. The summed E-state index contributed by atoms with van der Waals surface area (Å²) >= 11 is 0. The molecule has 0 radical (unpaired) electrons. The summed E-state index contributed by atoms with van der Waals surface area (Å²) in [5.41, 5.74) is 0.202. The maximum Gasteiger partial charge on any atom is 0.0596 e. The molecule has 1 aliphatic carbocycles. The van der Waals surface area contributed by atoms with E-state index in [1.807, 2.05) is 7.11 Å². The van der Waals surface area contributed by atoms with Gasteiger partial charge in [-0.25, -0.2) is 0 Å². The lowest BCUT2D eigenvalue weighted by atomic mass is 9.73. The van der Waals surface area contributed by atoms with Gasteiger partial charge in [-0.3, -0.25) is 0 Å². The number of unbranched alkanes of at least 4 members (excludes halogenated alkanes) is 61. The summed E-state index contributed by atoms with van der Waals surface area (Å²) in [6.07, 6.45) is 104. The average molecular weight is 1240 g/mol. The Morgan fingerprint density at radius 1 is 0.284 bits per heavy atom. The second kappa shape index (κ2) is 68.3. The van der Waals surface area contributed by atoms with E-state index in [1.165, 1.54) is 443 Å². The molecule has 6 atom stereocenters. The quantitative estimate of drug-likeness (QED) is 0.0615. The Hall–Kier alpha value is -0.0800. The molecule has 0 spiro atoms. The van der Waals surface area contributed by atoms with Gasteiger partial charge in [0.2, 0.25) is 0 Å². The van der Waals surface area contributed by atoms with Crippen LogP contribution in [0.4, 0.5) is 0 Å². The number of hydrogen-bond donors (Lipinski definition) is 1. The van der Waals surface area contributed by atoms with Crippen molar-refractivity contribution < 1.29 is 9.84 Å². The fourth-order valence-corrected chi connectivity index (χ4v) is 15.8. The molecule has 0 amide bonds. The van der Waals surface area contributed by atoms with Crippen molar-refractivity contribution >= 4 is 0 Å². The van der Waals surface area contributed by atoms with Crippen LogP contribution in [-0.4, -0.2) is 24.4 Å². The lowest BCUT2D eigenvalue weighted by molar-refractivity contribution is 0.0279. The highest BCUT2D eigenvalue weighted by molar-refractivity contribution is 4.86. The van der Waals surface area contributed by atoms with Crippen LogP contribution in [0.5, 0.6) is 0 Å². The topological polar surface area (TPSA) is 29.5 Å². The normalized spacial score (nSPS) is 15.8. The first-order chi connectivity index (χ1) is 43.2. The zero-order chi connectivity index (χ0) is 63.6. The largest absolute Gasteiger partial charge is 0.393 e. The molecule has 0 bridgehead atoms. The number of rotatable bonds is 76. The van der Waals surface area contributed by atoms with Gasteiger partial charge >= 0.3 is 0 Å². The van der Waals surface area contributed by atoms with Gasteiger partial charge in [-0.05, 0) is 61.2 Å². The number of methoxy groups -OCH3 is 1. The monoisotopic (exact) mass is 1240 g/mol. The summed E-state index contributed by atoms with van der Waals surface area (Å²) in [6.45, 7) is 14.2. The minimum Gasteiger partial charge on any atom is -0.393 e. The summed E-state index contributed by atoms with van der Waals surface area (Å²) in [5, 5.41) is 11.3. The molecule has 88 heavy (non-hydrogen) atoms. The maximum absolute atomic E-state index is 11.3. The summed E-state index contributed by atoms with van der Waals surface area (Å²) < 4.78 is 5.99. The fourth-order valence-electron chi connectivity index (χ4n) is 15.8. The van der Waals surface area contributed by atoms with Gasteiger partial charge < -0.3 is 9.84 Å². The van der Waals surface area contributed by atoms with Gasteiger partial charge in [0.15, 0.2) is 0 Å². The Kier molecular flexibility index (Phi) is 66.7. The molecule has 1 saturated carbocycles. The van der Waals surface area contributed by atoms with Crippen molar-refractivity contribution in [1.29, 1.82) is 0 Å². The van der Waals surface area contributed by atoms with E-state index in [4.69, 9.17) is 4.74 Å². The number of ether oxygens (including phenoxy) is 1. The van der Waals surface area contributed by atoms with Gasteiger partial charge in [0, 0.05) is 7.11 Å². The van der Waals surface area contributed by atoms with Crippen LogP contribution in [0.2, 0.25) is 0 Å². The molecule has 1 fully saturated rings. The zero-order valence-electron chi connectivity index (χ0n) is 62.7. The Morgan fingerprint density at radius 2 is 0.489 bits per heavy atom.